The summed E-state index contributed by atoms with van der Waals surface area (Å²) >= 11 is 0. The van der Waals surface area contributed by atoms with E-state index in [2.05, 4.69) is 9.71 Å². The van der Waals surface area contributed by atoms with Crippen LogP contribution in [0.3, 0.4) is 0 Å². The number of nitrogens with zero attached hydrogens (tertiary/aromatic N) is 2. The Morgan fingerprint density at radius 2 is 1.84 bits per heavy atom. The van der Waals surface area contributed by atoms with Gasteiger partial charge in [-0.15, -0.1) is 0 Å². The van der Waals surface area contributed by atoms with E-state index in [1.165, 1.54) is 19.2 Å². The van der Waals surface area contributed by atoms with E-state index >= 15 is 0 Å². The first-order valence-electron chi connectivity index (χ1n) is 10.2. The van der Waals surface area contributed by atoms with Crippen LogP contribution in [0.2, 0.25) is 0 Å². The first-order valence-corrected chi connectivity index (χ1v) is 11.7. The van der Waals surface area contributed by atoms with E-state index in [-0.39, 0.29) is 16.7 Å². The summed E-state index contributed by atoms with van der Waals surface area (Å²) in [7, 11) is -2.30. The van der Waals surface area contributed by atoms with Gasteiger partial charge in [-0.3, -0.25) is 4.79 Å². The minimum absolute atomic E-state index is 0.0858. The number of hydrogen-bond acceptors (Lipinski definition) is 6. The van der Waals surface area contributed by atoms with Crippen LogP contribution < -0.4 is 9.46 Å². The third-order valence-electron chi connectivity index (χ3n) is 5.54. The maximum absolute atomic E-state index is 12.8. The molecular formula is C22H25N3O5S. The van der Waals surface area contributed by atoms with Crippen molar-refractivity contribution in [3.05, 3.63) is 54.4 Å². The Hall–Kier alpha value is -2.91. The van der Waals surface area contributed by atoms with Gasteiger partial charge in [0.15, 0.2) is 11.5 Å². The highest BCUT2D eigenvalue weighted by Crippen LogP contribution is 2.30. The largest absolute Gasteiger partial charge is 0.497 e. The van der Waals surface area contributed by atoms with E-state index in [0.717, 1.165) is 23.9 Å². The van der Waals surface area contributed by atoms with E-state index in [0.29, 0.717) is 24.7 Å². The molecule has 1 fully saturated rings. The number of aromatic nitrogens is 1. The van der Waals surface area contributed by atoms with Gasteiger partial charge in [-0.25, -0.2) is 13.4 Å². The van der Waals surface area contributed by atoms with Crippen molar-refractivity contribution in [1.82, 2.24) is 14.6 Å². The highest BCUT2D eigenvalue weighted by atomic mass is 32.2. The van der Waals surface area contributed by atoms with E-state index < -0.39 is 16.1 Å². The maximum atomic E-state index is 12.8. The standard InChI is InChI=1S/C22H25N3O5S/c1-15(24-31(27,28)18-9-7-17(29-2)8-10-18)22(26)25-13-11-16(12-14-25)21-23-19-5-3-4-6-20(19)30-21/h3-10,15-16,24H,11-14H2,1-2H3/t15-/m0/s1. The lowest BCUT2D eigenvalue weighted by Gasteiger charge is -2.32. The minimum atomic E-state index is -3.81. The van der Waals surface area contributed by atoms with Crippen molar-refractivity contribution < 1.29 is 22.4 Å². The van der Waals surface area contributed by atoms with Crippen molar-refractivity contribution in [2.24, 2.45) is 0 Å². The van der Waals surface area contributed by atoms with Gasteiger partial charge >= 0.3 is 0 Å². The van der Waals surface area contributed by atoms with Gasteiger partial charge in [0.25, 0.3) is 0 Å². The van der Waals surface area contributed by atoms with E-state index in [4.69, 9.17) is 9.15 Å². The van der Waals surface area contributed by atoms with Crippen molar-refractivity contribution in [1.29, 1.82) is 0 Å². The number of ether oxygens (including phenoxy) is 1. The number of para-hydroxylation sites is 2. The van der Waals surface area contributed by atoms with Crippen molar-refractivity contribution >= 4 is 27.0 Å². The van der Waals surface area contributed by atoms with E-state index in [1.807, 2.05) is 24.3 Å². The van der Waals surface area contributed by atoms with Gasteiger partial charge in [-0.05, 0) is 56.2 Å². The van der Waals surface area contributed by atoms with Crippen LogP contribution in [-0.2, 0) is 14.8 Å². The van der Waals surface area contributed by atoms with Crippen LogP contribution >= 0.6 is 0 Å². The molecule has 1 aliphatic rings. The third kappa shape index (κ3) is 4.57. The second kappa shape index (κ2) is 8.68. The molecule has 2 heterocycles. The first-order chi connectivity index (χ1) is 14.9. The van der Waals surface area contributed by atoms with Crippen LogP contribution in [-0.4, -0.2) is 50.5 Å². The SMILES string of the molecule is COc1ccc(S(=O)(=O)N[C@@H](C)C(=O)N2CCC(c3nc4ccccc4o3)CC2)cc1. The Labute approximate surface area is 181 Å². The van der Waals surface area contributed by atoms with Gasteiger partial charge in [0.1, 0.15) is 11.3 Å². The van der Waals surface area contributed by atoms with Gasteiger partial charge in [-0.1, -0.05) is 12.1 Å². The zero-order chi connectivity index (χ0) is 22.0. The van der Waals surface area contributed by atoms with Crippen molar-refractivity contribution in [3.8, 4) is 5.75 Å². The zero-order valence-electron chi connectivity index (χ0n) is 17.4. The normalized spacial score (nSPS) is 16.4. The topological polar surface area (TPSA) is 102 Å². The number of carbonyl (C=O) groups is 1. The molecule has 0 spiro atoms. The maximum Gasteiger partial charge on any atom is 0.241 e. The molecule has 4 rings (SSSR count). The fraction of sp³-hybridized carbons (Fsp3) is 0.364. The highest BCUT2D eigenvalue weighted by Gasteiger charge is 2.31. The van der Waals surface area contributed by atoms with Gasteiger partial charge in [0.05, 0.1) is 18.0 Å². The average Bonchev–Trinajstić information content (AvgIpc) is 3.23. The number of piperidine rings is 1. The molecule has 31 heavy (non-hydrogen) atoms. The van der Waals surface area contributed by atoms with Gasteiger partial charge in [0.2, 0.25) is 15.9 Å². The van der Waals surface area contributed by atoms with Crippen LogP contribution in [0, 0.1) is 0 Å². The molecule has 3 aromatic rings. The number of hydrogen-bond donors (Lipinski definition) is 1. The molecule has 1 saturated heterocycles. The summed E-state index contributed by atoms with van der Waals surface area (Å²) in [6, 6.07) is 12.8. The van der Waals surface area contributed by atoms with Crippen molar-refractivity contribution in [3.63, 3.8) is 0 Å². The van der Waals surface area contributed by atoms with Gasteiger partial charge < -0.3 is 14.1 Å². The van der Waals surface area contributed by atoms with Crippen molar-refractivity contribution in [2.45, 2.75) is 36.6 Å². The monoisotopic (exact) mass is 443 g/mol. The Morgan fingerprint density at radius 1 is 1.16 bits per heavy atom. The first kappa shape index (κ1) is 21.3. The molecule has 8 nitrogen and oxygen atoms in total. The van der Waals surface area contributed by atoms with E-state index in [9.17, 15) is 13.2 Å². The van der Waals surface area contributed by atoms with Crippen LogP contribution in [0.1, 0.15) is 31.6 Å². The average molecular weight is 444 g/mol. The molecule has 0 saturated carbocycles. The second-order valence-corrected chi connectivity index (χ2v) is 9.35. The fourth-order valence-corrected chi connectivity index (χ4v) is 4.99. The quantitative estimate of drug-likeness (QED) is 0.629. The number of carbonyl (C=O) groups excluding carboxylic acids is 1. The molecule has 1 atom stereocenters. The molecule has 1 N–H and O–H groups in total. The predicted octanol–water partition coefficient (Wildman–Crippen LogP) is 2.91. The number of nitrogens with one attached hydrogen (secondary N) is 1. The molecule has 2 aromatic carbocycles. The summed E-state index contributed by atoms with van der Waals surface area (Å²) in [5.74, 6) is 1.15. The van der Waals surface area contributed by atoms with Gasteiger partial charge in [0, 0.05) is 19.0 Å². The third-order valence-corrected chi connectivity index (χ3v) is 7.10. The Morgan fingerprint density at radius 3 is 2.48 bits per heavy atom. The molecule has 0 bridgehead atoms. The zero-order valence-corrected chi connectivity index (χ0v) is 18.3. The summed E-state index contributed by atoms with van der Waals surface area (Å²) in [5, 5.41) is 0. The number of fused-ring (bicyclic) bond motifs is 1. The van der Waals surface area contributed by atoms with Crippen molar-refractivity contribution in [2.75, 3.05) is 20.2 Å². The summed E-state index contributed by atoms with van der Waals surface area (Å²) in [6.45, 7) is 2.62. The highest BCUT2D eigenvalue weighted by molar-refractivity contribution is 7.89. The lowest BCUT2D eigenvalue weighted by molar-refractivity contribution is -0.133. The lowest BCUT2D eigenvalue weighted by atomic mass is 9.96. The molecule has 1 amide bonds. The molecule has 0 aliphatic carbocycles. The van der Waals surface area contributed by atoms with Crippen LogP contribution in [0.4, 0.5) is 0 Å². The summed E-state index contributed by atoms with van der Waals surface area (Å²) in [4.78, 5) is 19.2. The number of methoxy groups -OCH3 is 1. The number of oxazole rings is 1. The molecule has 1 aliphatic heterocycles. The molecule has 1 aromatic heterocycles. The van der Waals surface area contributed by atoms with Gasteiger partial charge in [-0.2, -0.15) is 4.72 Å². The Balaban J connectivity index is 1.36. The summed E-state index contributed by atoms with van der Waals surface area (Å²) in [5.41, 5.74) is 1.59. The molecule has 9 heteroatoms. The number of likely N-dealkylation sites (tertiary alicyclic amines) is 1. The molecule has 164 valence electrons. The van der Waals surface area contributed by atoms with Crippen LogP contribution in [0.5, 0.6) is 5.75 Å². The molecular weight excluding hydrogens is 418 g/mol. The summed E-state index contributed by atoms with van der Waals surface area (Å²) < 4.78 is 38.6. The smallest absolute Gasteiger partial charge is 0.241 e. The Bertz CT molecular complexity index is 1130. The number of amides is 1. The minimum Gasteiger partial charge on any atom is -0.497 e. The van der Waals surface area contributed by atoms with Crippen LogP contribution in [0.15, 0.2) is 57.8 Å². The Kier molecular flexibility index (Phi) is 5.97. The molecule has 0 radical (unpaired) electrons. The molecule has 0 unspecified atom stereocenters. The van der Waals surface area contributed by atoms with Crippen LogP contribution in [0.25, 0.3) is 11.1 Å². The predicted molar refractivity (Wildman–Crippen MR) is 115 cm³/mol. The number of sulfonamides is 1. The van der Waals surface area contributed by atoms with E-state index in [1.54, 1.807) is 24.0 Å². The lowest BCUT2D eigenvalue weighted by Crippen LogP contribution is -2.49. The second-order valence-electron chi connectivity index (χ2n) is 7.64. The number of benzene rings is 2. The fourth-order valence-electron chi connectivity index (χ4n) is 3.79. The summed E-state index contributed by atoms with van der Waals surface area (Å²) in [6.07, 6.45) is 1.44. The number of rotatable bonds is 6.